The summed E-state index contributed by atoms with van der Waals surface area (Å²) in [6.07, 6.45) is 4.76. The molecule has 2 amide bonds. The van der Waals surface area contributed by atoms with Crippen LogP contribution in [0.5, 0.6) is 0 Å². The molecule has 1 saturated carbocycles. The van der Waals surface area contributed by atoms with Gasteiger partial charge in [0, 0.05) is 37.2 Å². The Bertz CT molecular complexity index is 684. The predicted octanol–water partition coefficient (Wildman–Crippen LogP) is 1.73. The molecule has 140 valence electrons. The van der Waals surface area contributed by atoms with Crippen LogP contribution in [0.3, 0.4) is 0 Å². The first-order valence-corrected chi connectivity index (χ1v) is 8.63. The molecule has 0 aromatic heterocycles. The number of nitrogens with zero attached hydrogens (tertiary/aromatic N) is 1. The van der Waals surface area contributed by atoms with E-state index < -0.39 is 22.5 Å². The molecule has 0 bridgehead atoms. The first-order chi connectivity index (χ1) is 12.5. The van der Waals surface area contributed by atoms with Crippen molar-refractivity contribution >= 4 is 23.2 Å². The summed E-state index contributed by atoms with van der Waals surface area (Å²) in [5.41, 5.74) is 0.208. The minimum atomic E-state index is -0.842. The third-order valence-corrected chi connectivity index (χ3v) is 4.56. The van der Waals surface area contributed by atoms with E-state index in [0.717, 1.165) is 25.7 Å². The maximum atomic E-state index is 11.9. The molecule has 0 radical (unpaired) electrons. The monoisotopic (exact) mass is 363 g/mol. The van der Waals surface area contributed by atoms with E-state index in [2.05, 4.69) is 10.6 Å². The molecule has 1 atom stereocenters. The third kappa shape index (κ3) is 4.36. The number of nitrogens with one attached hydrogen (secondary N) is 2. The van der Waals surface area contributed by atoms with E-state index >= 15 is 0 Å². The number of carbonyl (C=O) groups excluding carboxylic acids is 2. The van der Waals surface area contributed by atoms with Gasteiger partial charge in [0.1, 0.15) is 6.10 Å². The number of non-ortho nitro benzene ring substituents is 1. The van der Waals surface area contributed by atoms with Crippen LogP contribution in [0.1, 0.15) is 32.1 Å². The van der Waals surface area contributed by atoms with Crippen molar-refractivity contribution in [2.75, 3.05) is 18.5 Å². The normalized spacial score (nSPS) is 21.3. The summed E-state index contributed by atoms with van der Waals surface area (Å²) in [7, 11) is 0. The number of hydrogen-bond acceptors (Lipinski definition) is 6. The minimum absolute atomic E-state index is 0.0949. The molecule has 9 heteroatoms. The second kappa shape index (κ2) is 7.79. The standard InChI is InChI=1S/C17H21N3O6/c21-15(16(22)19-12-4-6-13(7-5-12)20(23)24)18-10-14-11-25-17(26-14)8-2-1-3-9-17/h4-7,14H,1-3,8-11H2,(H,18,21)(H,19,22)/t14-/m1/s1. The zero-order valence-electron chi connectivity index (χ0n) is 14.2. The second-order valence-corrected chi connectivity index (χ2v) is 6.49. The summed E-state index contributed by atoms with van der Waals surface area (Å²) in [4.78, 5) is 33.9. The van der Waals surface area contributed by atoms with Gasteiger partial charge in [-0.15, -0.1) is 0 Å². The molecular weight excluding hydrogens is 342 g/mol. The Morgan fingerprint density at radius 2 is 1.85 bits per heavy atom. The van der Waals surface area contributed by atoms with E-state index in [0.29, 0.717) is 12.3 Å². The molecule has 0 unspecified atom stereocenters. The van der Waals surface area contributed by atoms with Crippen molar-refractivity contribution in [1.82, 2.24) is 5.32 Å². The molecule has 2 fully saturated rings. The summed E-state index contributed by atoms with van der Waals surface area (Å²) in [6.45, 7) is 0.582. The maximum Gasteiger partial charge on any atom is 0.313 e. The maximum absolute atomic E-state index is 11.9. The van der Waals surface area contributed by atoms with Gasteiger partial charge in [0.25, 0.3) is 5.69 Å². The molecule has 2 N–H and O–H groups in total. The molecule has 1 aromatic rings. The van der Waals surface area contributed by atoms with Crippen molar-refractivity contribution in [2.45, 2.75) is 44.0 Å². The van der Waals surface area contributed by atoms with Crippen LogP contribution in [0.2, 0.25) is 0 Å². The Kier molecular flexibility index (Phi) is 5.48. The van der Waals surface area contributed by atoms with Gasteiger partial charge in [0.2, 0.25) is 0 Å². The molecule has 26 heavy (non-hydrogen) atoms. The highest BCUT2D eigenvalue weighted by molar-refractivity contribution is 6.39. The molecule has 1 aromatic carbocycles. The van der Waals surface area contributed by atoms with Gasteiger partial charge in [-0.05, 0) is 25.0 Å². The van der Waals surface area contributed by atoms with Gasteiger partial charge in [-0.3, -0.25) is 19.7 Å². The number of ether oxygens (including phenoxy) is 2. The number of nitro benzene ring substituents is 1. The molecule has 1 aliphatic heterocycles. The minimum Gasteiger partial charge on any atom is -0.347 e. The number of rotatable bonds is 4. The van der Waals surface area contributed by atoms with Crippen LogP contribution >= 0.6 is 0 Å². The topological polar surface area (TPSA) is 120 Å². The van der Waals surface area contributed by atoms with E-state index in [1.165, 1.54) is 30.7 Å². The average Bonchev–Trinajstić information content (AvgIpc) is 3.03. The highest BCUT2D eigenvalue weighted by Crippen LogP contribution is 2.37. The van der Waals surface area contributed by atoms with Gasteiger partial charge in [0.15, 0.2) is 5.79 Å². The Hall–Kier alpha value is -2.52. The lowest BCUT2D eigenvalue weighted by atomic mass is 9.94. The van der Waals surface area contributed by atoms with E-state index in [-0.39, 0.29) is 18.3 Å². The lowest BCUT2D eigenvalue weighted by Gasteiger charge is -2.31. The van der Waals surface area contributed by atoms with Crippen LogP contribution in [0, 0.1) is 10.1 Å². The molecule has 2 aliphatic rings. The number of carbonyl (C=O) groups is 2. The van der Waals surface area contributed by atoms with Crippen LogP contribution < -0.4 is 10.6 Å². The summed E-state index contributed by atoms with van der Waals surface area (Å²) < 4.78 is 11.7. The molecule has 9 nitrogen and oxygen atoms in total. The van der Waals surface area contributed by atoms with Crippen molar-refractivity contribution in [3.63, 3.8) is 0 Å². The summed E-state index contributed by atoms with van der Waals surface area (Å²) in [5, 5.41) is 15.5. The first kappa shape index (κ1) is 18.3. The molecule has 1 aliphatic carbocycles. The average molecular weight is 363 g/mol. The zero-order valence-corrected chi connectivity index (χ0v) is 14.2. The third-order valence-electron chi connectivity index (χ3n) is 4.56. The molecular formula is C17H21N3O6. The molecule has 1 heterocycles. The van der Waals surface area contributed by atoms with Crippen molar-refractivity contribution in [3.8, 4) is 0 Å². The lowest BCUT2D eigenvalue weighted by molar-refractivity contribution is -0.384. The summed E-state index contributed by atoms with van der Waals surface area (Å²) in [5.74, 6) is -2.16. The van der Waals surface area contributed by atoms with Crippen molar-refractivity contribution < 1.29 is 24.0 Å². The van der Waals surface area contributed by atoms with Gasteiger partial charge >= 0.3 is 11.8 Å². The quantitative estimate of drug-likeness (QED) is 0.477. The van der Waals surface area contributed by atoms with E-state index in [4.69, 9.17) is 9.47 Å². The SMILES string of the molecule is O=C(NC[C@@H]1COC2(CCCCC2)O1)C(=O)Nc1ccc([N+](=O)[O-])cc1. The zero-order chi connectivity index (χ0) is 18.6. The number of anilines is 1. The van der Waals surface area contributed by atoms with E-state index in [1.54, 1.807) is 0 Å². The van der Waals surface area contributed by atoms with Crippen LogP contribution in [-0.4, -0.2) is 41.8 Å². The van der Waals surface area contributed by atoms with Gasteiger partial charge in [0.05, 0.1) is 11.5 Å². The van der Waals surface area contributed by atoms with Crippen LogP contribution in [-0.2, 0) is 19.1 Å². The molecule has 3 rings (SSSR count). The first-order valence-electron chi connectivity index (χ1n) is 8.63. The van der Waals surface area contributed by atoms with Crippen molar-refractivity contribution in [2.24, 2.45) is 0 Å². The predicted molar refractivity (Wildman–Crippen MR) is 91.4 cm³/mol. The van der Waals surface area contributed by atoms with Crippen LogP contribution in [0.25, 0.3) is 0 Å². The van der Waals surface area contributed by atoms with Crippen LogP contribution in [0.4, 0.5) is 11.4 Å². The molecule has 1 saturated heterocycles. The van der Waals surface area contributed by atoms with E-state index in [1.807, 2.05) is 0 Å². The number of benzene rings is 1. The van der Waals surface area contributed by atoms with Gasteiger partial charge in [-0.1, -0.05) is 6.42 Å². The van der Waals surface area contributed by atoms with Crippen molar-refractivity contribution in [1.29, 1.82) is 0 Å². The number of nitro groups is 1. The second-order valence-electron chi connectivity index (χ2n) is 6.49. The summed E-state index contributed by atoms with van der Waals surface area (Å²) >= 11 is 0. The fourth-order valence-electron chi connectivity index (χ4n) is 3.21. The Morgan fingerprint density at radius 1 is 1.15 bits per heavy atom. The van der Waals surface area contributed by atoms with E-state index in [9.17, 15) is 19.7 Å². The number of hydrogen-bond donors (Lipinski definition) is 2. The molecule has 1 spiro atoms. The highest BCUT2D eigenvalue weighted by Gasteiger charge is 2.42. The van der Waals surface area contributed by atoms with Gasteiger partial charge < -0.3 is 20.1 Å². The summed E-state index contributed by atoms with van der Waals surface area (Å²) in [6, 6.07) is 5.23. The fourth-order valence-corrected chi connectivity index (χ4v) is 3.21. The van der Waals surface area contributed by atoms with Crippen molar-refractivity contribution in [3.05, 3.63) is 34.4 Å². The Balaban J connectivity index is 1.44. The number of amides is 2. The Morgan fingerprint density at radius 3 is 2.50 bits per heavy atom. The Labute approximate surface area is 150 Å². The van der Waals surface area contributed by atoms with Gasteiger partial charge in [-0.2, -0.15) is 0 Å². The fraction of sp³-hybridized carbons (Fsp3) is 0.529. The van der Waals surface area contributed by atoms with Gasteiger partial charge in [-0.25, -0.2) is 0 Å². The highest BCUT2D eigenvalue weighted by atomic mass is 16.7. The van der Waals surface area contributed by atoms with Crippen LogP contribution in [0.15, 0.2) is 24.3 Å². The lowest BCUT2D eigenvalue weighted by Crippen LogP contribution is -2.41. The largest absolute Gasteiger partial charge is 0.347 e. The smallest absolute Gasteiger partial charge is 0.313 e.